The Labute approximate surface area is 177 Å². The second-order valence-electron chi connectivity index (χ2n) is 6.70. The second kappa shape index (κ2) is 13.3. The summed E-state index contributed by atoms with van der Waals surface area (Å²) in [5, 5.41) is 12.0. The number of rotatable bonds is 10. The van der Waals surface area contributed by atoms with Gasteiger partial charge in [-0.15, -0.1) is 36.2 Å². The Bertz CT molecular complexity index is 657. The predicted octanol–water partition coefficient (Wildman–Crippen LogP) is 3.26. The molecule has 0 saturated heterocycles. The number of halogens is 2. The molecule has 0 bridgehead atoms. The maximum atomic E-state index is 12.2. The molecule has 2 aromatic rings. The zero-order valence-corrected chi connectivity index (χ0v) is 18.1. The average Bonchev–Trinajstić information content (AvgIpc) is 3.24. The van der Waals surface area contributed by atoms with E-state index in [1.165, 1.54) is 43.4 Å². The van der Waals surface area contributed by atoms with Gasteiger partial charge in [0.15, 0.2) is 4.96 Å². The number of hydrogen-bond donors (Lipinski definition) is 3. The maximum absolute atomic E-state index is 12.2. The van der Waals surface area contributed by atoms with Gasteiger partial charge in [0, 0.05) is 43.4 Å². The highest BCUT2D eigenvalue weighted by molar-refractivity contribution is 7.15. The quantitative estimate of drug-likeness (QED) is 0.500. The minimum atomic E-state index is -0.0195. The summed E-state index contributed by atoms with van der Waals surface area (Å²) in [6, 6.07) is 0.741. The fraction of sp³-hybridized carbons (Fsp3) is 0.667. The highest BCUT2D eigenvalue weighted by atomic mass is 35.5. The molecule has 27 heavy (non-hydrogen) atoms. The van der Waals surface area contributed by atoms with Crippen molar-refractivity contribution in [3.05, 3.63) is 23.5 Å². The van der Waals surface area contributed by atoms with Crippen molar-refractivity contribution in [2.24, 2.45) is 0 Å². The van der Waals surface area contributed by atoms with Gasteiger partial charge in [-0.2, -0.15) is 0 Å². The van der Waals surface area contributed by atoms with E-state index < -0.39 is 0 Å². The number of carbonyl (C=O) groups excluding carboxylic acids is 1. The van der Waals surface area contributed by atoms with Crippen LogP contribution in [0, 0.1) is 0 Å². The van der Waals surface area contributed by atoms with E-state index in [-0.39, 0.29) is 30.7 Å². The van der Waals surface area contributed by atoms with Crippen LogP contribution in [-0.4, -0.2) is 47.5 Å². The van der Waals surface area contributed by atoms with E-state index in [9.17, 15) is 4.79 Å². The summed E-state index contributed by atoms with van der Waals surface area (Å²) in [5.74, 6) is -0.0195. The first-order chi connectivity index (χ1) is 12.3. The van der Waals surface area contributed by atoms with Gasteiger partial charge >= 0.3 is 0 Å². The molecule has 1 amide bonds. The van der Waals surface area contributed by atoms with Crippen LogP contribution in [0.5, 0.6) is 0 Å². The van der Waals surface area contributed by atoms with Crippen molar-refractivity contribution in [3.63, 3.8) is 0 Å². The number of nitrogens with one attached hydrogen (secondary N) is 3. The predicted molar refractivity (Wildman–Crippen MR) is 117 cm³/mol. The first-order valence-corrected chi connectivity index (χ1v) is 10.4. The molecule has 0 atom stereocenters. The summed E-state index contributed by atoms with van der Waals surface area (Å²) in [6.45, 7) is 3.80. The van der Waals surface area contributed by atoms with Gasteiger partial charge < -0.3 is 16.0 Å². The Balaban J connectivity index is 0.00000182. The van der Waals surface area contributed by atoms with E-state index in [0.29, 0.717) is 12.2 Å². The molecule has 154 valence electrons. The van der Waals surface area contributed by atoms with E-state index >= 15 is 0 Å². The average molecular weight is 436 g/mol. The van der Waals surface area contributed by atoms with Crippen LogP contribution >= 0.6 is 36.2 Å². The normalized spacial score (nSPS) is 14.5. The van der Waals surface area contributed by atoms with Gasteiger partial charge in [0.1, 0.15) is 5.69 Å². The number of thiazole rings is 1. The molecule has 3 N–H and O–H groups in total. The van der Waals surface area contributed by atoms with E-state index in [2.05, 4.69) is 20.9 Å². The maximum Gasteiger partial charge on any atom is 0.269 e. The first kappa shape index (κ1) is 24.2. The van der Waals surface area contributed by atoms with Crippen LogP contribution in [0.1, 0.15) is 55.4 Å². The third-order valence-electron chi connectivity index (χ3n) is 4.78. The summed E-state index contributed by atoms with van der Waals surface area (Å²) < 4.78 is 1.83. The lowest BCUT2D eigenvalue weighted by Gasteiger charge is -2.22. The van der Waals surface area contributed by atoms with Gasteiger partial charge in [-0.25, -0.2) is 4.98 Å². The molecule has 0 aliphatic heterocycles. The highest BCUT2D eigenvalue weighted by Crippen LogP contribution is 2.17. The van der Waals surface area contributed by atoms with E-state index in [0.717, 1.165) is 43.5 Å². The standard InChI is InChI=1S/C18H29N5OS.2ClH/c24-17(16-14-25-18-22-12-13-23(16)18)21-9-5-4-8-19-10-11-20-15-6-2-1-3-7-15;;/h12-15,19-20H,1-11H2,(H,21,24);2*1H. The van der Waals surface area contributed by atoms with Crippen LogP contribution in [-0.2, 0) is 0 Å². The van der Waals surface area contributed by atoms with Gasteiger partial charge in [-0.3, -0.25) is 9.20 Å². The number of carbonyl (C=O) groups is 1. The Morgan fingerprint density at radius 1 is 1.11 bits per heavy atom. The fourth-order valence-electron chi connectivity index (χ4n) is 3.35. The third kappa shape index (κ3) is 7.58. The SMILES string of the molecule is Cl.Cl.O=C(NCCCCNCCNC1CCCCC1)c1csc2nccn12. The Hall–Kier alpha value is -0.860. The molecule has 0 radical (unpaired) electrons. The molecule has 0 spiro atoms. The molecule has 9 heteroatoms. The number of hydrogen-bond acceptors (Lipinski definition) is 5. The molecule has 3 rings (SSSR count). The van der Waals surface area contributed by atoms with E-state index in [1.54, 1.807) is 6.20 Å². The minimum Gasteiger partial charge on any atom is -0.351 e. The lowest BCUT2D eigenvalue weighted by atomic mass is 9.95. The number of imidazole rings is 1. The Morgan fingerprint density at radius 2 is 1.89 bits per heavy atom. The number of aromatic nitrogens is 2. The molecular weight excluding hydrogens is 405 g/mol. The van der Waals surface area contributed by atoms with Gasteiger partial charge in [-0.05, 0) is 32.2 Å². The summed E-state index contributed by atoms with van der Waals surface area (Å²) in [4.78, 5) is 17.2. The molecule has 2 heterocycles. The number of nitrogens with zero attached hydrogens (tertiary/aromatic N) is 2. The number of unbranched alkanes of at least 4 members (excludes halogenated alkanes) is 1. The van der Waals surface area contributed by atoms with Gasteiger partial charge in [-0.1, -0.05) is 19.3 Å². The van der Waals surface area contributed by atoms with Crippen molar-refractivity contribution in [1.82, 2.24) is 25.3 Å². The molecule has 1 saturated carbocycles. The van der Waals surface area contributed by atoms with E-state index in [1.807, 2.05) is 16.0 Å². The first-order valence-electron chi connectivity index (χ1n) is 9.47. The summed E-state index contributed by atoms with van der Waals surface area (Å²) >= 11 is 1.49. The van der Waals surface area contributed by atoms with Crippen molar-refractivity contribution in [2.75, 3.05) is 26.2 Å². The zero-order valence-electron chi connectivity index (χ0n) is 15.6. The minimum absolute atomic E-state index is 0. The second-order valence-corrected chi connectivity index (χ2v) is 7.54. The molecule has 6 nitrogen and oxygen atoms in total. The van der Waals surface area contributed by atoms with Crippen molar-refractivity contribution in [1.29, 1.82) is 0 Å². The molecule has 1 aliphatic rings. The van der Waals surface area contributed by atoms with E-state index in [4.69, 9.17) is 0 Å². The lowest BCUT2D eigenvalue weighted by Crippen LogP contribution is -2.36. The molecule has 1 fully saturated rings. The number of fused-ring (bicyclic) bond motifs is 1. The highest BCUT2D eigenvalue weighted by Gasteiger charge is 2.12. The smallest absolute Gasteiger partial charge is 0.269 e. The van der Waals surface area contributed by atoms with Gasteiger partial charge in [0.05, 0.1) is 0 Å². The molecular formula is C18H31Cl2N5OS. The van der Waals surface area contributed by atoms with Crippen molar-refractivity contribution < 1.29 is 4.79 Å². The summed E-state index contributed by atoms with van der Waals surface area (Å²) in [6.07, 6.45) is 12.5. The monoisotopic (exact) mass is 435 g/mol. The summed E-state index contributed by atoms with van der Waals surface area (Å²) in [7, 11) is 0. The van der Waals surface area contributed by atoms with Gasteiger partial charge in [0.2, 0.25) is 0 Å². The van der Waals surface area contributed by atoms with Crippen LogP contribution in [0.3, 0.4) is 0 Å². The van der Waals surface area contributed by atoms with Crippen molar-refractivity contribution >= 4 is 47.0 Å². The van der Waals surface area contributed by atoms with Crippen LogP contribution < -0.4 is 16.0 Å². The van der Waals surface area contributed by atoms with Crippen LogP contribution in [0.2, 0.25) is 0 Å². The summed E-state index contributed by atoms with van der Waals surface area (Å²) in [5.41, 5.74) is 0.671. The van der Waals surface area contributed by atoms with Crippen LogP contribution in [0.15, 0.2) is 17.8 Å². The van der Waals surface area contributed by atoms with Crippen LogP contribution in [0.4, 0.5) is 0 Å². The Kier molecular flexibility index (Phi) is 11.9. The zero-order chi connectivity index (χ0) is 17.3. The van der Waals surface area contributed by atoms with Gasteiger partial charge in [0.25, 0.3) is 5.91 Å². The van der Waals surface area contributed by atoms with Crippen LogP contribution in [0.25, 0.3) is 4.96 Å². The largest absolute Gasteiger partial charge is 0.351 e. The van der Waals surface area contributed by atoms with Crippen molar-refractivity contribution in [3.8, 4) is 0 Å². The Morgan fingerprint density at radius 3 is 2.70 bits per heavy atom. The third-order valence-corrected chi connectivity index (χ3v) is 5.63. The molecule has 1 aliphatic carbocycles. The fourth-order valence-corrected chi connectivity index (χ4v) is 4.18. The molecule has 0 unspecified atom stereocenters. The molecule has 0 aromatic carbocycles. The van der Waals surface area contributed by atoms with Crippen molar-refractivity contribution in [2.45, 2.75) is 51.0 Å². The number of amides is 1. The topological polar surface area (TPSA) is 70.5 Å². The lowest BCUT2D eigenvalue weighted by molar-refractivity contribution is 0.0947. The molecule has 2 aromatic heterocycles.